The number of nitrogens with one attached hydrogen (secondary N) is 2. The zero-order valence-corrected chi connectivity index (χ0v) is 21.9. The van der Waals surface area contributed by atoms with Gasteiger partial charge in [-0.2, -0.15) is 10.2 Å². The van der Waals surface area contributed by atoms with E-state index >= 15 is 0 Å². The Bertz CT molecular complexity index is 996. The minimum absolute atomic E-state index is 0.113. The summed E-state index contributed by atoms with van der Waals surface area (Å²) in [6, 6.07) is 14.9. The Morgan fingerprint density at radius 1 is 0.658 bits per heavy atom. The van der Waals surface area contributed by atoms with Gasteiger partial charge in [0.25, 0.3) is 0 Å². The van der Waals surface area contributed by atoms with Crippen molar-refractivity contribution in [3.05, 3.63) is 85.0 Å². The number of nitrogens with zero attached hydrogens (tertiary/aromatic N) is 2. The lowest BCUT2D eigenvalue weighted by Gasteiger charge is -2.06. The molecular weight excluding hydrogens is 480 g/mol. The number of hydrogen-bond acceptors (Lipinski definition) is 6. The summed E-state index contributed by atoms with van der Waals surface area (Å²) in [6.45, 7) is 8.09. The predicted molar refractivity (Wildman–Crippen MR) is 153 cm³/mol. The van der Waals surface area contributed by atoms with Gasteiger partial charge in [-0.3, -0.25) is 9.59 Å². The number of hydrazone groups is 2. The second-order valence-electron chi connectivity index (χ2n) is 8.48. The van der Waals surface area contributed by atoms with Crippen LogP contribution in [0.5, 0.6) is 11.5 Å². The van der Waals surface area contributed by atoms with Crippen molar-refractivity contribution in [2.45, 2.75) is 51.4 Å². The van der Waals surface area contributed by atoms with Crippen molar-refractivity contribution in [3.63, 3.8) is 0 Å². The van der Waals surface area contributed by atoms with E-state index in [1.807, 2.05) is 48.5 Å². The molecule has 8 heteroatoms. The first-order valence-corrected chi connectivity index (χ1v) is 12.9. The third kappa shape index (κ3) is 12.7. The number of para-hydroxylation sites is 2. The maximum atomic E-state index is 12.0. The molecule has 2 amide bonds. The van der Waals surface area contributed by atoms with E-state index in [-0.39, 0.29) is 11.8 Å². The smallest absolute Gasteiger partial charge is 0.240 e. The highest BCUT2D eigenvalue weighted by Gasteiger charge is 2.03. The van der Waals surface area contributed by atoms with Crippen molar-refractivity contribution in [2.24, 2.45) is 10.2 Å². The molecule has 2 N–H and O–H groups in total. The number of ether oxygens (including phenoxy) is 2. The fourth-order valence-electron chi connectivity index (χ4n) is 3.47. The third-order valence-electron chi connectivity index (χ3n) is 5.39. The van der Waals surface area contributed by atoms with Gasteiger partial charge >= 0.3 is 0 Å². The lowest BCUT2D eigenvalue weighted by molar-refractivity contribution is -0.122. The van der Waals surface area contributed by atoms with Gasteiger partial charge in [-0.05, 0) is 37.1 Å². The highest BCUT2D eigenvalue weighted by molar-refractivity contribution is 5.86. The molecule has 0 aliphatic heterocycles. The van der Waals surface area contributed by atoms with E-state index in [2.05, 4.69) is 34.2 Å². The van der Waals surface area contributed by atoms with Crippen molar-refractivity contribution in [2.75, 3.05) is 13.2 Å². The van der Waals surface area contributed by atoms with Crippen LogP contribution in [0.1, 0.15) is 62.5 Å². The minimum atomic E-state index is -0.113. The highest BCUT2D eigenvalue weighted by Crippen LogP contribution is 2.16. The summed E-state index contributed by atoms with van der Waals surface area (Å²) in [5, 5.41) is 8.07. The average molecular weight is 519 g/mol. The predicted octanol–water partition coefficient (Wildman–Crippen LogP) is 5.54. The van der Waals surface area contributed by atoms with Crippen LogP contribution in [0.2, 0.25) is 0 Å². The molecule has 202 valence electrons. The Morgan fingerprint density at radius 2 is 1.05 bits per heavy atom. The first-order valence-electron chi connectivity index (χ1n) is 12.9. The van der Waals surface area contributed by atoms with Crippen molar-refractivity contribution in [1.82, 2.24) is 10.9 Å². The van der Waals surface area contributed by atoms with Crippen LogP contribution in [0.15, 0.2) is 84.0 Å². The molecule has 2 rings (SSSR count). The number of unbranched alkanes of at least 4 members (excludes halogenated alkanes) is 5. The monoisotopic (exact) mass is 518 g/mol. The molecule has 2 aromatic rings. The van der Waals surface area contributed by atoms with Crippen LogP contribution in [0, 0.1) is 0 Å². The molecule has 0 bridgehead atoms. The molecule has 0 aliphatic rings. The van der Waals surface area contributed by atoms with E-state index in [0.717, 1.165) is 49.7 Å². The quantitative estimate of drug-likeness (QED) is 0.110. The molecule has 8 nitrogen and oxygen atoms in total. The minimum Gasteiger partial charge on any atom is -0.489 e. The Hall–Kier alpha value is -4.20. The van der Waals surface area contributed by atoms with Gasteiger partial charge in [0.15, 0.2) is 0 Å². The number of hydrogen-bond donors (Lipinski definition) is 2. The lowest BCUT2D eigenvalue weighted by atomic mass is 10.1. The normalized spacial score (nSPS) is 10.8. The number of amides is 2. The lowest BCUT2D eigenvalue weighted by Crippen LogP contribution is -2.17. The fraction of sp³-hybridized carbons (Fsp3) is 0.333. The average Bonchev–Trinajstić information content (AvgIpc) is 2.93. The van der Waals surface area contributed by atoms with Gasteiger partial charge in [0.05, 0.1) is 12.4 Å². The standard InChI is InChI=1S/C30H38N4O4/c1-3-21-37-27-17-13-11-15-25(27)23-31-33-29(35)19-9-7-5-6-8-10-20-30(36)34-32-24-26-16-12-14-18-28(26)38-22-4-2/h3-4,11-18,23-24H,1-2,5-10,19-22H2,(H,33,35)(H,34,36)/b31-23-,32-24-. The first kappa shape index (κ1) is 30.0. The molecule has 0 saturated carbocycles. The van der Waals surface area contributed by atoms with Gasteiger partial charge in [0, 0.05) is 24.0 Å². The van der Waals surface area contributed by atoms with Gasteiger partial charge in [-0.25, -0.2) is 10.9 Å². The summed E-state index contributed by atoms with van der Waals surface area (Å²) in [5.41, 5.74) is 6.70. The summed E-state index contributed by atoms with van der Waals surface area (Å²) in [7, 11) is 0. The van der Waals surface area contributed by atoms with Gasteiger partial charge in [-0.15, -0.1) is 0 Å². The van der Waals surface area contributed by atoms with Crippen LogP contribution in [-0.4, -0.2) is 37.5 Å². The molecule has 0 radical (unpaired) electrons. The van der Waals surface area contributed by atoms with E-state index in [1.54, 1.807) is 24.6 Å². The number of carbonyl (C=O) groups excluding carboxylic acids is 2. The Morgan fingerprint density at radius 3 is 1.47 bits per heavy atom. The maximum Gasteiger partial charge on any atom is 0.240 e. The van der Waals surface area contributed by atoms with E-state index in [9.17, 15) is 9.59 Å². The molecule has 0 saturated heterocycles. The molecule has 2 aromatic carbocycles. The molecular formula is C30H38N4O4. The second kappa shape index (κ2) is 19.0. The van der Waals surface area contributed by atoms with Crippen molar-refractivity contribution in [3.8, 4) is 11.5 Å². The molecule has 0 heterocycles. The number of rotatable bonds is 19. The second-order valence-corrected chi connectivity index (χ2v) is 8.48. The first-order chi connectivity index (χ1) is 18.6. The topological polar surface area (TPSA) is 101 Å². The molecule has 0 unspecified atom stereocenters. The van der Waals surface area contributed by atoms with E-state index in [1.165, 1.54) is 0 Å². The molecule has 0 atom stereocenters. The van der Waals surface area contributed by atoms with Gasteiger partial charge in [-0.1, -0.05) is 75.3 Å². The van der Waals surface area contributed by atoms with E-state index < -0.39 is 0 Å². The zero-order valence-electron chi connectivity index (χ0n) is 21.9. The molecule has 0 spiro atoms. The number of benzene rings is 2. The fourth-order valence-corrected chi connectivity index (χ4v) is 3.47. The van der Waals surface area contributed by atoms with E-state index in [0.29, 0.717) is 37.6 Å². The van der Waals surface area contributed by atoms with Gasteiger partial charge in [0.1, 0.15) is 24.7 Å². The van der Waals surface area contributed by atoms with Gasteiger partial charge in [0.2, 0.25) is 11.8 Å². The SMILES string of the molecule is C=CCOc1ccccc1/C=N\NC(=O)CCCCCCCCC(=O)N/N=C\c1ccccc1OCC=C. The maximum absolute atomic E-state index is 12.0. The zero-order chi connectivity index (χ0) is 27.3. The largest absolute Gasteiger partial charge is 0.489 e. The van der Waals surface area contributed by atoms with Gasteiger partial charge < -0.3 is 9.47 Å². The summed E-state index contributed by atoms with van der Waals surface area (Å²) in [4.78, 5) is 24.0. The van der Waals surface area contributed by atoms with Crippen LogP contribution in [-0.2, 0) is 9.59 Å². The van der Waals surface area contributed by atoms with Crippen LogP contribution in [0.25, 0.3) is 0 Å². The Balaban J connectivity index is 1.52. The van der Waals surface area contributed by atoms with Crippen LogP contribution in [0.4, 0.5) is 0 Å². The highest BCUT2D eigenvalue weighted by atomic mass is 16.5. The summed E-state index contributed by atoms with van der Waals surface area (Å²) >= 11 is 0. The molecule has 0 aliphatic carbocycles. The number of carbonyl (C=O) groups is 2. The summed E-state index contributed by atoms with van der Waals surface area (Å²) in [5.74, 6) is 1.15. The van der Waals surface area contributed by atoms with Crippen molar-refractivity contribution < 1.29 is 19.1 Å². The summed E-state index contributed by atoms with van der Waals surface area (Å²) in [6.07, 6.45) is 12.9. The van der Waals surface area contributed by atoms with Crippen molar-refractivity contribution >= 4 is 24.2 Å². The van der Waals surface area contributed by atoms with Crippen LogP contribution in [0.3, 0.4) is 0 Å². The summed E-state index contributed by atoms with van der Waals surface area (Å²) < 4.78 is 11.1. The van der Waals surface area contributed by atoms with Crippen LogP contribution >= 0.6 is 0 Å². The molecule has 0 aromatic heterocycles. The van der Waals surface area contributed by atoms with Crippen LogP contribution < -0.4 is 20.3 Å². The molecule has 38 heavy (non-hydrogen) atoms. The van der Waals surface area contributed by atoms with E-state index in [4.69, 9.17) is 9.47 Å². The Kier molecular flexibility index (Phi) is 15.0. The van der Waals surface area contributed by atoms with Crippen molar-refractivity contribution in [1.29, 1.82) is 0 Å². The molecule has 0 fully saturated rings. The Labute approximate surface area is 225 Å². The third-order valence-corrected chi connectivity index (χ3v) is 5.39.